The number of hydrogen-bond acceptors (Lipinski definition) is 8. The standard InChI is InChI=1S/C10H16N2O8.C3H8O2.4Na.4H/c13-7(14)3-11(4-8(15)16)1-2-12(5-9(17)18)6-10(19)20;1-3(5)2-4;;;;;;;;/h1-6H2,(H,13,14)(H,15,16)(H,17,18)(H,19,20);3-5H,2H2,1H3;;;;;;;;. The normalized spacial score (nSPS) is 9.97. The van der Waals surface area contributed by atoms with Crippen molar-refractivity contribution < 1.29 is 49.8 Å². The van der Waals surface area contributed by atoms with Crippen LogP contribution in [-0.2, 0) is 19.2 Å². The van der Waals surface area contributed by atoms with Crippen molar-refractivity contribution in [2.75, 3.05) is 45.9 Å². The minimum absolute atomic E-state index is 0. The van der Waals surface area contributed by atoms with E-state index in [2.05, 4.69) is 0 Å². The van der Waals surface area contributed by atoms with Crippen LogP contribution in [-0.4, -0.2) is 235 Å². The van der Waals surface area contributed by atoms with E-state index in [-0.39, 0.29) is 138 Å². The third-order valence-electron chi connectivity index (χ3n) is 2.43. The molecule has 0 fully saturated rings. The monoisotopic (exact) mass is 464 g/mol. The molecule has 0 saturated heterocycles. The number of aliphatic hydroxyl groups excluding tert-OH is 2. The number of rotatable bonds is 12. The Balaban J connectivity index is -0.000000131. The predicted octanol–water partition coefficient (Wildman–Crippen LogP) is -5.31. The fourth-order valence-corrected chi connectivity index (χ4v) is 1.48. The molecular weight excluding hydrogens is 436 g/mol. The molecule has 0 aromatic heterocycles. The van der Waals surface area contributed by atoms with Gasteiger partial charge in [-0.1, -0.05) is 0 Å². The SMILES string of the molecule is CC(O)CO.O=C(O)CN(CCN(CC(=O)O)CC(=O)O)CC(=O)O.[NaH].[NaH].[NaH].[NaH]. The van der Waals surface area contributed by atoms with Gasteiger partial charge in [0.1, 0.15) is 0 Å². The van der Waals surface area contributed by atoms with Gasteiger partial charge in [-0.25, -0.2) is 0 Å². The van der Waals surface area contributed by atoms with Crippen LogP contribution in [0.25, 0.3) is 0 Å². The summed E-state index contributed by atoms with van der Waals surface area (Å²) in [6.07, 6.45) is -0.560. The molecule has 0 bridgehead atoms. The van der Waals surface area contributed by atoms with Gasteiger partial charge in [-0.2, -0.15) is 0 Å². The van der Waals surface area contributed by atoms with Crippen LogP contribution in [0.2, 0.25) is 0 Å². The van der Waals surface area contributed by atoms with Gasteiger partial charge in [-0.3, -0.25) is 29.0 Å². The Morgan fingerprint density at radius 1 is 0.655 bits per heavy atom. The molecule has 0 spiro atoms. The van der Waals surface area contributed by atoms with E-state index in [9.17, 15) is 19.2 Å². The first-order valence-corrected chi connectivity index (χ1v) is 7.08. The van der Waals surface area contributed by atoms with E-state index >= 15 is 0 Å². The Morgan fingerprint density at radius 3 is 0.931 bits per heavy atom. The summed E-state index contributed by atoms with van der Waals surface area (Å²) < 4.78 is 0. The van der Waals surface area contributed by atoms with Crippen molar-refractivity contribution in [1.29, 1.82) is 0 Å². The van der Waals surface area contributed by atoms with Gasteiger partial charge in [0.25, 0.3) is 0 Å². The molecule has 0 amide bonds. The number of hydrogen-bond donors (Lipinski definition) is 6. The van der Waals surface area contributed by atoms with Crippen LogP contribution < -0.4 is 0 Å². The second-order valence-electron chi connectivity index (χ2n) is 5.03. The molecule has 1 unspecified atom stereocenters. The number of aliphatic carboxylic acids is 4. The zero-order valence-electron chi connectivity index (χ0n) is 13.7. The first kappa shape index (κ1) is 44.4. The van der Waals surface area contributed by atoms with Gasteiger partial charge in [0.2, 0.25) is 0 Å². The van der Waals surface area contributed by atoms with Crippen LogP contribution in [0.4, 0.5) is 0 Å². The van der Waals surface area contributed by atoms with Crippen molar-refractivity contribution in [1.82, 2.24) is 9.80 Å². The molecule has 0 saturated carbocycles. The number of carboxylic acids is 4. The second-order valence-corrected chi connectivity index (χ2v) is 5.03. The second kappa shape index (κ2) is 27.8. The Morgan fingerprint density at radius 2 is 0.828 bits per heavy atom. The fraction of sp³-hybridized carbons (Fsp3) is 0.692. The van der Waals surface area contributed by atoms with Crippen LogP contribution in [0.1, 0.15) is 6.92 Å². The van der Waals surface area contributed by atoms with Gasteiger partial charge < -0.3 is 30.6 Å². The zero-order chi connectivity index (χ0) is 20.0. The average molecular weight is 464 g/mol. The molecule has 0 aromatic rings. The summed E-state index contributed by atoms with van der Waals surface area (Å²) in [6.45, 7) is -0.862. The summed E-state index contributed by atoms with van der Waals surface area (Å²) in [5.41, 5.74) is 0. The maximum absolute atomic E-state index is 10.6. The topological polar surface area (TPSA) is 196 Å². The molecule has 0 rings (SSSR count). The van der Waals surface area contributed by atoms with Crippen molar-refractivity contribution >= 4 is 142 Å². The maximum atomic E-state index is 10.6. The van der Waals surface area contributed by atoms with Gasteiger partial charge in [0.15, 0.2) is 0 Å². The summed E-state index contributed by atoms with van der Waals surface area (Å²) in [6, 6.07) is 0. The van der Waals surface area contributed by atoms with Gasteiger partial charge >= 0.3 is 142 Å². The third-order valence-corrected chi connectivity index (χ3v) is 2.43. The Labute approximate surface area is 257 Å². The number of carboxylic acid groups (broad SMARTS) is 4. The molecule has 1 atom stereocenters. The molecule has 12 nitrogen and oxygen atoms in total. The fourth-order valence-electron chi connectivity index (χ4n) is 1.48. The minimum atomic E-state index is -1.23. The molecule has 6 N–H and O–H groups in total. The summed E-state index contributed by atoms with van der Waals surface area (Å²) in [4.78, 5) is 44.4. The van der Waals surface area contributed by atoms with E-state index in [0.29, 0.717) is 0 Å². The molecule has 0 radical (unpaired) electrons. The van der Waals surface area contributed by atoms with Crippen LogP contribution in [0, 0.1) is 0 Å². The molecular formula is C13H28N2Na4O10. The number of aliphatic hydroxyl groups is 2. The average Bonchev–Trinajstić information content (AvgIpc) is 2.42. The Hall–Kier alpha value is 1.72. The predicted molar refractivity (Wildman–Crippen MR) is 111 cm³/mol. The van der Waals surface area contributed by atoms with E-state index in [4.69, 9.17) is 30.6 Å². The van der Waals surface area contributed by atoms with Crippen LogP contribution >= 0.6 is 0 Å². The van der Waals surface area contributed by atoms with E-state index in [1.165, 1.54) is 6.92 Å². The molecule has 29 heavy (non-hydrogen) atoms. The Kier molecular flexibility index (Phi) is 42.5. The van der Waals surface area contributed by atoms with E-state index in [0.717, 1.165) is 9.80 Å². The molecule has 0 aliphatic carbocycles. The van der Waals surface area contributed by atoms with Gasteiger partial charge in [-0.15, -0.1) is 0 Å². The van der Waals surface area contributed by atoms with E-state index in [1.54, 1.807) is 0 Å². The summed E-state index contributed by atoms with van der Waals surface area (Å²) >= 11 is 0. The molecule has 16 heteroatoms. The van der Waals surface area contributed by atoms with E-state index < -0.39 is 56.2 Å². The molecule has 154 valence electrons. The third kappa shape index (κ3) is 37.4. The van der Waals surface area contributed by atoms with Crippen molar-refractivity contribution in [3.05, 3.63) is 0 Å². The van der Waals surface area contributed by atoms with Crippen molar-refractivity contribution in [2.45, 2.75) is 13.0 Å². The van der Waals surface area contributed by atoms with Gasteiger partial charge in [0, 0.05) is 13.1 Å². The van der Waals surface area contributed by atoms with Gasteiger partial charge in [0.05, 0.1) is 38.9 Å². The van der Waals surface area contributed by atoms with Crippen molar-refractivity contribution in [3.8, 4) is 0 Å². The Bertz CT molecular complexity index is 389. The van der Waals surface area contributed by atoms with Crippen LogP contribution in [0.15, 0.2) is 0 Å². The van der Waals surface area contributed by atoms with Crippen LogP contribution in [0.3, 0.4) is 0 Å². The molecule has 0 aromatic carbocycles. The summed E-state index contributed by atoms with van der Waals surface area (Å²) in [5.74, 6) is -4.91. The first-order valence-electron chi connectivity index (χ1n) is 7.08. The number of nitrogens with zero attached hydrogens (tertiary/aromatic N) is 2. The number of carbonyl (C=O) groups is 4. The molecule has 0 aliphatic rings. The quantitative estimate of drug-likeness (QED) is 0.150. The van der Waals surface area contributed by atoms with Gasteiger partial charge in [-0.05, 0) is 6.92 Å². The first-order chi connectivity index (χ1) is 11.5. The van der Waals surface area contributed by atoms with Crippen molar-refractivity contribution in [3.63, 3.8) is 0 Å². The van der Waals surface area contributed by atoms with E-state index in [1.807, 2.05) is 0 Å². The molecule has 0 aliphatic heterocycles. The van der Waals surface area contributed by atoms with Crippen molar-refractivity contribution in [2.24, 2.45) is 0 Å². The molecule has 0 heterocycles. The summed E-state index contributed by atoms with van der Waals surface area (Å²) in [7, 11) is 0. The van der Waals surface area contributed by atoms with Crippen LogP contribution in [0.5, 0.6) is 0 Å². The zero-order valence-corrected chi connectivity index (χ0v) is 13.7. The summed E-state index contributed by atoms with van der Waals surface area (Å²) in [5, 5.41) is 50.5.